The second-order valence-corrected chi connectivity index (χ2v) is 4.72. The third kappa shape index (κ3) is 2.82. The second-order valence-electron chi connectivity index (χ2n) is 4.72. The summed E-state index contributed by atoms with van der Waals surface area (Å²) in [6, 6.07) is 0. The van der Waals surface area contributed by atoms with Gasteiger partial charge in [0.2, 0.25) is 0 Å². The molecule has 0 aromatic carbocycles. The smallest absolute Gasteiger partial charge is 0.0848 e. The third-order valence-corrected chi connectivity index (χ3v) is 3.41. The number of hydrogen-bond donors (Lipinski definition) is 1. The molecule has 1 fully saturated rings. The Morgan fingerprint density at radius 1 is 1.21 bits per heavy atom. The van der Waals surface area contributed by atoms with Crippen LogP contribution in [-0.4, -0.2) is 35.7 Å². The van der Waals surface area contributed by atoms with E-state index in [4.69, 9.17) is 0 Å². The van der Waals surface area contributed by atoms with Crippen LogP contribution in [0.25, 0.3) is 0 Å². The highest BCUT2D eigenvalue weighted by atomic mass is 16.3. The maximum Gasteiger partial charge on any atom is 0.0848 e. The molecule has 2 heteroatoms. The van der Waals surface area contributed by atoms with Crippen LogP contribution in [0.1, 0.15) is 32.1 Å². The van der Waals surface area contributed by atoms with Crippen molar-refractivity contribution in [2.75, 3.05) is 19.6 Å². The van der Waals surface area contributed by atoms with Crippen LogP contribution < -0.4 is 0 Å². The quantitative estimate of drug-likeness (QED) is 0.679. The standard InChI is InChI=1S/C12H21NO/c14-12-7-4-8-13(10-12)9-11-5-2-1-3-6-11/h4,7,11-12,14H,1-3,5-6,8-10H2. The van der Waals surface area contributed by atoms with Crippen LogP contribution in [0.2, 0.25) is 0 Å². The molecule has 2 rings (SSSR count). The molecule has 2 aliphatic rings. The van der Waals surface area contributed by atoms with Crippen LogP contribution in [0.4, 0.5) is 0 Å². The number of hydrogen-bond acceptors (Lipinski definition) is 2. The minimum atomic E-state index is -0.229. The van der Waals surface area contributed by atoms with E-state index in [2.05, 4.69) is 11.0 Å². The number of β-amino-alcohol motifs (C(OH)–C–C–N with tert-alkyl or cyclic N) is 1. The Balaban J connectivity index is 1.76. The summed E-state index contributed by atoms with van der Waals surface area (Å²) in [7, 11) is 0. The van der Waals surface area contributed by atoms with Crippen LogP contribution in [-0.2, 0) is 0 Å². The molecule has 1 atom stereocenters. The highest BCUT2D eigenvalue weighted by Crippen LogP contribution is 2.24. The summed E-state index contributed by atoms with van der Waals surface area (Å²) >= 11 is 0. The molecule has 1 aliphatic carbocycles. The zero-order valence-corrected chi connectivity index (χ0v) is 8.86. The Morgan fingerprint density at radius 3 is 2.71 bits per heavy atom. The lowest BCUT2D eigenvalue weighted by Crippen LogP contribution is -2.38. The average molecular weight is 195 g/mol. The normalized spacial score (nSPS) is 30.8. The van der Waals surface area contributed by atoms with E-state index in [0.717, 1.165) is 19.0 Å². The van der Waals surface area contributed by atoms with Crippen LogP contribution >= 0.6 is 0 Å². The van der Waals surface area contributed by atoms with Crippen molar-refractivity contribution in [2.45, 2.75) is 38.2 Å². The summed E-state index contributed by atoms with van der Waals surface area (Å²) in [4.78, 5) is 2.39. The predicted octanol–water partition coefficient (Wildman–Crippen LogP) is 1.80. The molecular formula is C12H21NO. The van der Waals surface area contributed by atoms with Crippen molar-refractivity contribution in [1.82, 2.24) is 4.90 Å². The van der Waals surface area contributed by atoms with Crippen molar-refractivity contribution >= 4 is 0 Å². The van der Waals surface area contributed by atoms with Gasteiger partial charge in [-0.2, -0.15) is 0 Å². The summed E-state index contributed by atoms with van der Waals surface area (Å²) in [5, 5.41) is 9.48. The topological polar surface area (TPSA) is 23.5 Å². The summed E-state index contributed by atoms with van der Waals surface area (Å²) in [5.74, 6) is 0.891. The van der Waals surface area contributed by atoms with Gasteiger partial charge in [0.05, 0.1) is 6.10 Å². The van der Waals surface area contributed by atoms with Crippen molar-refractivity contribution in [2.24, 2.45) is 5.92 Å². The van der Waals surface area contributed by atoms with Gasteiger partial charge in [-0.15, -0.1) is 0 Å². The fourth-order valence-corrected chi connectivity index (χ4v) is 2.65. The number of rotatable bonds is 2. The first kappa shape index (κ1) is 10.2. The Morgan fingerprint density at radius 2 is 2.00 bits per heavy atom. The zero-order chi connectivity index (χ0) is 9.80. The zero-order valence-electron chi connectivity index (χ0n) is 8.86. The first-order valence-electron chi connectivity index (χ1n) is 5.91. The monoisotopic (exact) mass is 195 g/mol. The second kappa shape index (κ2) is 4.94. The lowest BCUT2D eigenvalue weighted by Gasteiger charge is -2.31. The molecule has 1 saturated carbocycles. The number of aliphatic hydroxyl groups excluding tert-OH is 1. The van der Waals surface area contributed by atoms with Gasteiger partial charge in [-0.1, -0.05) is 31.4 Å². The van der Waals surface area contributed by atoms with Crippen molar-refractivity contribution in [3.8, 4) is 0 Å². The summed E-state index contributed by atoms with van der Waals surface area (Å²) in [5.41, 5.74) is 0. The minimum Gasteiger partial charge on any atom is -0.388 e. The molecule has 0 aromatic heterocycles. The number of nitrogens with zero attached hydrogens (tertiary/aromatic N) is 1. The molecular weight excluding hydrogens is 174 g/mol. The lowest BCUT2D eigenvalue weighted by molar-refractivity contribution is 0.124. The van der Waals surface area contributed by atoms with E-state index in [1.165, 1.54) is 38.6 Å². The van der Waals surface area contributed by atoms with E-state index in [9.17, 15) is 5.11 Å². The van der Waals surface area contributed by atoms with Crippen molar-refractivity contribution in [3.63, 3.8) is 0 Å². The molecule has 0 spiro atoms. The molecule has 1 heterocycles. The summed E-state index contributed by atoms with van der Waals surface area (Å²) in [6.07, 6.45) is 10.8. The Hall–Kier alpha value is -0.340. The fourth-order valence-electron chi connectivity index (χ4n) is 2.65. The maximum absolute atomic E-state index is 9.48. The molecule has 1 N–H and O–H groups in total. The van der Waals surface area contributed by atoms with E-state index in [1.807, 2.05) is 6.08 Å². The van der Waals surface area contributed by atoms with Crippen molar-refractivity contribution in [3.05, 3.63) is 12.2 Å². The molecule has 0 radical (unpaired) electrons. The van der Waals surface area contributed by atoms with E-state index in [0.29, 0.717) is 0 Å². The minimum absolute atomic E-state index is 0.229. The molecule has 0 saturated heterocycles. The van der Waals surface area contributed by atoms with Gasteiger partial charge in [-0.25, -0.2) is 0 Å². The van der Waals surface area contributed by atoms with E-state index in [-0.39, 0.29) is 6.10 Å². The van der Waals surface area contributed by atoms with E-state index in [1.54, 1.807) is 0 Å². The van der Waals surface area contributed by atoms with Gasteiger partial charge >= 0.3 is 0 Å². The summed E-state index contributed by atoms with van der Waals surface area (Å²) < 4.78 is 0. The average Bonchev–Trinajstić information content (AvgIpc) is 2.19. The molecule has 2 nitrogen and oxygen atoms in total. The van der Waals surface area contributed by atoms with Crippen molar-refractivity contribution in [1.29, 1.82) is 0 Å². The van der Waals surface area contributed by atoms with Gasteiger partial charge in [-0.3, -0.25) is 4.90 Å². The molecule has 80 valence electrons. The van der Waals surface area contributed by atoms with Crippen LogP contribution in [0.15, 0.2) is 12.2 Å². The maximum atomic E-state index is 9.48. The third-order valence-electron chi connectivity index (χ3n) is 3.41. The molecule has 0 bridgehead atoms. The lowest BCUT2D eigenvalue weighted by atomic mass is 9.88. The van der Waals surface area contributed by atoms with Crippen LogP contribution in [0, 0.1) is 5.92 Å². The Bertz CT molecular complexity index is 196. The highest BCUT2D eigenvalue weighted by molar-refractivity contribution is 4.97. The van der Waals surface area contributed by atoms with Gasteiger partial charge < -0.3 is 5.11 Å². The predicted molar refractivity (Wildman–Crippen MR) is 58.2 cm³/mol. The largest absolute Gasteiger partial charge is 0.388 e. The SMILES string of the molecule is OC1C=CCN(CC2CCCCC2)C1. The molecule has 14 heavy (non-hydrogen) atoms. The number of aliphatic hydroxyl groups is 1. The van der Waals surface area contributed by atoms with Crippen LogP contribution in [0.3, 0.4) is 0 Å². The highest BCUT2D eigenvalue weighted by Gasteiger charge is 2.19. The van der Waals surface area contributed by atoms with E-state index >= 15 is 0 Å². The van der Waals surface area contributed by atoms with Crippen molar-refractivity contribution < 1.29 is 5.11 Å². The van der Waals surface area contributed by atoms with Gasteiger partial charge in [0.25, 0.3) is 0 Å². The Kier molecular flexibility index (Phi) is 3.60. The van der Waals surface area contributed by atoms with Gasteiger partial charge in [-0.05, 0) is 18.8 Å². The van der Waals surface area contributed by atoms with E-state index < -0.39 is 0 Å². The first-order valence-corrected chi connectivity index (χ1v) is 5.91. The summed E-state index contributed by atoms with van der Waals surface area (Å²) in [6.45, 7) is 3.07. The molecule has 0 aromatic rings. The van der Waals surface area contributed by atoms with Gasteiger partial charge in [0, 0.05) is 19.6 Å². The molecule has 0 amide bonds. The first-order chi connectivity index (χ1) is 6.84. The van der Waals surface area contributed by atoms with Gasteiger partial charge in [0.1, 0.15) is 0 Å². The molecule has 1 aliphatic heterocycles. The molecule has 1 unspecified atom stereocenters. The Labute approximate surface area is 86.6 Å². The fraction of sp³-hybridized carbons (Fsp3) is 0.833. The van der Waals surface area contributed by atoms with Crippen LogP contribution in [0.5, 0.6) is 0 Å². The van der Waals surface area contributed by atoms with Gasteiger partial charge in [0.15, 0.2) is 0 Å².